The zero-order valence-electron chi connectivity index (χ0n) is 24.2. The van der Waals surface area contributed by atoms with Gasteiger partial charge in [-0.05, 0) is 80.5 Å². The van der Waals surface area contributed by atoms with E-state index < -0.39 is 0 Å². The van der Waals surface area contributed by atoms with Gasteiger partial charge < -0.3 is 25.0 Å². The second kappa shape index (κ2) is 13.2. The van der Waals surface area contributed by atoms with E-state index in [1.807, 2.05) is 59.5 Å². The molecule has 3 unspecified atom stereocenters. The third-order valence-electron chi connectivity index (χ3n) is 8.22. The molecule has 0 aliphatic carbocycles. The number of hydrogen-bond donors (Lipinski definition) is 2. The van der Waals surface area contributed by atoms with E-state index in [1.165, 1.54) is 5.56 Å². The fourth-order valence-corrected chi connectivity index (χ4v) is 6.05. The fraction of sp³-hybridized carbons (Fsp3) is 0.382. The molecular weight excluding hydrogens is 512 g/mol. The monoisotopic (exact) mass is 552 g/mol. The molecule has 2 saturated heterocycles. The SMILES string of the molecule is COc1ccc(NC(=O)N2CCC(CO)CN3C(C2)C(c2ccc(C#Cc4ccccc4)cc2)[C@H]3CN(C)C)cc1. The summed E-state index contributed by atoms with van der Waals surface area (Å²) in [6, 6.07) is 26.4. The number of methoxy groups -OCH3 is 1. The summed E-state index contributed by atoms with van der Waals surface area (Å²) in [6.45, 7) is 3.10. The highest BCUT2D eigenvalue weighted by atomic mass is 16.5. The zero-order valence-corrected chi connectivity index (χ0v) is 24.2. The van der Waals surface area contributed by atoms with Crippen LogP contribution in [0, 0.1) is 17.8 Å². The topological polar surface area (TPSA) is 68.3 Å². The van der Waals surface area contributed by atoms with Crippen LogP contribution >= 0.6 is 0 Å². The van der Waals surface area contributed by atoms with Crippen molar-refractivity contribution < 1.29 is 14.6 Å². The number of nitrogens with one attached hydrogen (secondary N) is 1. The van der Waals surface area contributed by atoms with Crippen molar-refractivity contribution in [3.05, 3.63) is 95.6 Å². The van der Waals surface area contributed by atoms with Crippen molar-refractivity contribution in [3.8, 4) is 17.6 Å². The molecule has 41 heavy (non-hydrogen) atoms. The number of nitrogens with zero attached hydrogens (tertiary/aromatic N) is 3. The molecule has 5 rings (SSSR count). The second-order valence-electron chi connectivity index (χ2n) is 11.3. The summed E-state index contributed by atoms with van der Waals surface area (Å²) in [5.41, 5.74) is 3.98. The highest BCUT2D eigenvalue weighted by Crippen LogP contribution is 2.43. The van der Waals surface area contributed by atoms with Crippen LogP contribution in [0.2, 0.25) is 0 Å². The Morgan fingerprint density at radius 2 is 1.66 bits per heavy atom. The Balaban J connectivity index is 1.37. The van der Waals surface area contributed by atoms with Crippen LogP contribution in [0.5, 0.6) is 5.75 Å². The molecule has 2 N–H and O–H groups in total. The molecule has 2 fully saturated rings. The van der Waals surface area contributed by atoms with Crippen molar-refractivity contribution >= 4 is 11.7 Å². The first kappa shape index (κ1) is 28.7. The number of aliphatic hydroxyl groups is 1. The molecule has 0 bridgehead atoms. The summed E-state index contributed by atoms with van der Waals surface area (Å²) >= 11 is 0. The first-order valence-corrected chi connectivity index (χ1v) is 14.3. The number of carbonyl (C=O) groups excluding carboxylic acids is 1. The van der Waals surface area contributed by atoms with Gasteiger partial charge in [0, 0.05) is 67.6 Å². The lowest BCUT2D eigenvalue weighted by atomic mass is 9.73. The lowest BCUT2D eigenvalue weighted by molar-refractivity contribution is -0.0623. The predicted octanol–water partition coefficient (Wildman–Crippen LogP) is 4.34. The minimum absolute atomic E-state index is 0.116. The van der Waals surface area contributed by atoms with Crippen LogP contribution in [0.3, 0.4) is 0 Å². The van der Waals surface area contributed by atoms with E-state index in [0.717, 1.165) is 42.1 Å². The number of anilines is 1. The van der Waals surface area contributed by atoms with Crippen LogP contribution in [0.1, 0.15) is 29.0 Å². The van der Waals surface area contributed by atoms with Crippen molar-refractivity contribution in [2.75, 3.05) is 59.3 Å². The van der Waals surface area contributed by atoms with Crippen LogP contribution in [-0.4, -0.2) is 91.9 Å². The highest BCUT2D eigenvalue weighted by Gasteiger charge is 2.50. The Bertz CT molecular complexity index is 1350. The summed E-state index contributed by atoms with van der Waals surface area (Å²) in [4.78, 5) is 20.1. The van der Waals surface area contributed by atoms with E-state index in [4.69, 9.17) is 4.74 Å². The number of urea groups is 1. The van der Waals surface area contributed by atoms with Gasteiger partial charge in [0.1, 0.15) is 5.75 Å². The number of hydrogen-bond acceptors (Lipinski definition) is 5. The Morgan fingerprint density at radius 3 is 2.29 bits per heavy atom. The molecule has 2 heterocycles. The summed E-state index contributed by atoms with van der Waals surface area (Å²) in [5, 5.41) is 13.2. The number of aliphatic hydroxyl groups excluding tert-OH is 1. The van der Waals surface area contributed by atoms with Crippen LogP contribution in [0.15, 0.2) is 78.9 Å². The van der Waals surface area contributed by atoms with Gasteiger partial charge in [-0.25, -0.2) is 4.79 Å². The average molecular weight is 553 g/mol. The van der Waals surface area contributed by atoms with E-state index in [9.17, 15) is 9.90 Å². The summed E-state index contributed by atoms with van der Waals surface area (Å²) < 4.78 is 5.25. The number of rotatable bonds is 6. The molecule has 7 heteroatoms. The van der Waals surface area contributed by atoms with Crippen molar-refractivity contribution in [1.82, 2.24) is 14.7 Å². The number of ether oxygens (including phenoxy) is 1. The Morgan fingerprint density at radius 1 is 0.976 bits per heavy atom. The van der Waals surface area contributed by atoms with E-state index in [-0.39, 0.29) is 30.5 Å². The number of amides is 2. The minimum Gasteiger partial charge on any atom is -0.497 e. The van der Waals surface area contributed by atoms with Gasteiger partial charge in [0.25, 0.3) is 0 Å². The van der Waals surface area contributed by atoms with Gasteiger partial charge in [-0.3, -0.25) is 4.90 Å². The third-order valence-corrected chi connectivity index (χ3v) is 8.22. The molecule has 3 aromatic carbocycles. The Hall–Kier alpha value is -3.83. The number of fused-ring (bicyclic) bond motifs is 1. The van der Waals surface area contributed by atoms with Crippen molar-refractivity contribution in [2.24, 2.45) is 5.92 Å². The molecule has 0 aromatic heterocycles. The molecular formula is C34H40N4O3. The van der Waals surface area contributed by atoms with Gasteiger partial charge in [-0.15, -0.1) is 0 Å². The molecule has 2 amide bonds. The zero-order chi connectivity index (χ0) is 28.8. The average Bonchev–Trinajstić information content (AvgIpc) is 2.98. The molecule has 2 aliphatic heterocycles. The lowest BCUT2D eigenvalue weighted by Crippen LogP contribution is -2.70. The summed E-state index contributed by atoms with van der Waals surface area (Å²) in [5.74, 6) is 7.66. The van der Waals surface area contributed by atoms with Crippen molar-refractivity contribution in [3.63, 3.8) is 0 Å². The fourth-order valence-electron chi connectivity index (χ4n) is 6.05. The smallest absolute Gasteiger partial charge is 0.321 e. The quantitative estimate of drug-likeness (QED) is 0.446. The number of likely N-dealkylation sites (N-methyl/N-ethyl adjacent to an activating group) is 1. The highest BCUT2D eigenvalue weighted by molar-refractivity contribution is 5.89. The molecule has 3 aromatic rings. The van der Waals surface area contributed by atoms with Crippen LogP contribution in [0.25, 0.3) is 0 Å². The second-order valence-corrected chi connectivity index (χ2v) is 11.3. The molecule has 4 atom stereocenters. The summed E-state index contributed by atoms with van der Waals surface area (Å²) in [7, 11) is 5.84. The predicted molar refractivity (Wildman–Crippen MR) is 163 cm³/mol. The molecule has 0 radical (unpaired) electrons. The normalized spacial score (nSPS) is 22.4. The minimum atomic E-state index is -0.116. The van der Waals surface area contributed by atoms with E-state index in [0.29, 0.717) is 19.1 Å². The van der Waals surface area contributed by atoms with Gasteiger partial charge in [0.05, 0.1) is 7.11 Å². The van der Waals surface area contributed by atoms with Gasteiger partial charge in [-0.1, -0.05) is 42.2 Å². The molecule has 7 nitrogen and oxygen atoms in total. The van der Waals surface area contributed by atoms with Crippen molar-refractivity contribution in [1.29, 1.82) is 0 Å². The maximum absolute atomic E-state index is 13.5. The van der Waals surface area contributed by atoms with Crippen LogP contribution in [-0.2, 0) is 0 Å². The molecule has 0 saturated carbocycles. The summed E-state index contributed by atoms with van der Waals surface area (Å²) in [6.07, 6.45) is 0.768. The van der Waals surface area contributed by atoms with Crippen LogP contribution in [0.4, 0.5) is 10.5 Å². The van der Waals surface area contributed by atoms with Gasteiger partial charge in [0.2, 0.25) is 0 Å². The Labute approximate surface area is 243 Å². The molecule has 2 aliphatic rings. The van der Waals surface area contributed by atoms with Crippen LogP contribution < -0.4 is 10.1 Å². The Kier molecular flexibility index (Phi) is 9.25. The molecule has 0 spiro atoms. The first-order chi connectivity index (χ1) is 19.9. The maximum Gasteiger partial charge on any atom is 0.321 e. The van der Waals surface area contributed by atoms with E-state index in [2.05, 4.69) is 65.3 Å². The first-order valence-electron chi connectivity index (χ1n) is 14.3. The standard InChI is InChI=1S/C34H40N4O3/c1-36(2)22-31-33(28-13-11-26(12-14-28)10-9-25-7-5-4-6-8-25)32-23-37(20-19-27(24-39)21-38(31)32)34(40)35-29-15-17-30(41-3)18-16-29/h4-8,11-18,27,31-33,39H,19-24H2,1-3H3,(H,35,40)/t27?,31-,32?,33?/m1/s1. The number of carbonyl (C=O) groups is 1. The van der Waals surface area contributed by atoms with E-state index >= 15 is 0 Å². The van der Waals surface area contributed by atoms with Gasteiger partial charge >= 0.3 is 6.03 Å². The number of benzene rings is 3. The van der Waals surface area contributed by atoms with E-state index in [1.54, 1.807) is 7.11 Å². The van der Waals surface area contributed by atoms with Crippen molar-refractivity contribution in [2.45, 2.75) is 24.4 Å². The van der Waals surface area contributed by atoms with Gasteiger partial charge in [0.15, 0.2) is 0 Å². The van der Waals surface area contributed by atoms with Gasteiger partial charge in [-0.2, -0.15) is 0 Å². The molecule has 214 valence electrons. The third kappa shape index (κ3) is 6.91. The largest absolute Gasteiger partial charge is 0.497 e. The maximum atomic E-state index is 13.5. The lowest BCUT2D eigenvalue weighted by Gasteiger charge is -2.59.